The van der Waals surface area contributed by atoms with Crippen LogP contribution in [0.15, 0.2) is 18.2 Å². The first-order valence-electron chi connectivity index (χ1n) is 15.6. The van der Waals surface area contributed by atoms with E-state index < -0.39 is 11.1 Å². The molecule has 0 bridgehead atoms. The molecule has 44 heavy (non-hydrogen) atoms. The zero-order chi connectivity index (χ0) is 32.8. The highest BCUT2D eigenvalue weighted by Gasteiger charge is 2.37. The first-order chi connectivity index (χ1) is 20.5. The molecule has 1 aromatic heterocycles. The van der Waals surface area contributed by atoms with E-state index in [0.29, 0.717) is 53.6 Å². The third-order valence-corrected chi connectivity index (χ3v) is 7.65. The van der Waals surface area contributed by atoms with E-state index in [1.54, 1.807) is 18.1 Å². The number of hydrogen-bond acceptors (Lipinski definition) is 6. The predicted molar refractivity (Wildman–Crippen MR) is 174 cm³/mol. The van der Waals surface area contributed by atoms with Crippen molar-refractivity contribution in [2.45, 2.75) is 111 Å². The highest BCUT2D eigenvalue weighted by molar-refractivity contribution is 6.39. The molecule has 3 rings (SSSR count). The summed E-state index contributed by atoms with van der Waals surface area (Å²) in [5, 5.41) is 3.93. The largest absolute Gasteiger partial charge is 0.482 e. The number of likely N-dealkylation sites (tertiary alicyclic amines) is 1. The lowest BCUT2D eigenvalue weighted by atomic mass is 10.0. The Morgan fingerprint density at radius 1 is 1.11 bits per heavy atom. The van der Waals surface area contributed by atoms with E-state index in [1.165, 1.54) is 0 Å². The quantitative estimate of drug-likeness (QED) is 0.293. The number of unbranched alkanes of at least 4 members (excludes halogenated alkanes) is 1. The number of nitrogens with zero attached hydrogens (tertiary/aromatic N) is 3. The highest BCUT2D eigenvalue weighted by Crippen LogP contribution is 2.38. The van der Waals surface area contributed by atoms with Crippen LogP contribution in [-0.2, 0) is 20.8 Å². The number of aromatic nitrogens is 1. The summed E-state index contributed by atoms with van der Waals surface area (Å²) in [5.41, 5.74) is 0.0409. The Morgan fingerprint density at radius 3 is 2.43 bits per heavy atom. The van der Waals surface area contributed by atoms with Crippen molar-refractivity contribution >= 4 is 40.4 Å². The van der Waals surface area contributed by atoms with Crippen molar-refractivity contribution < 1.29 is 28.6 Å². The average Bonchev–Trinajstić information content (AvgIpc) is 3.20. The summed E-state index contributed by atoms with van der Waals surface area (Å²) in [6.07, 6.45) is 2.67. The fourth-order valence-corrected chi connectivity index (χ4v) is 5.95. The summed E-state index contributed by atoms with van der Waals surface area (Å²) in [4.78, 5) is 43.6. The van der Waals surface area contributed by atoms with Gasteiger partial charge in [-0.1, -0.05) is 23.7 Å². The first kappa shape index (κ1) is 35.5. The molecule has 0 saturated carbocycles. The van der Waals surface area contributed by atoms with Crippen LogP contribution < -0.4 is 10.1 Å². The minimum Gasteiger partial charge on any atom is -0.482 e. The SMILES string of the molecule is COCCCCn1c(C(=O)N(C(C)C)[C@@H]2CCCN(C(=O)OC(C)(C)C)C2)c(Cl)c2cccc(OCC(=O)NC(C)(C)C)c21. The number of aryl methyl sites for hydroxylation is 1. The maximum absolute atomic E-state index is 14.6. The maximum Gasteiger partial charge on any atom is 0.410 e. The summed E-state index contributed by atoms with van der Waals surface area (Å²) >= 11 is 7.05. The molecule has 2 aromatic rings. The van der Waals surface area contributed by atoms with Crippen molar-refractivity contribution in [3.63, 3.8) is 0 Å². The lowest BCUT2D eigenvalue weighted by Gasteiger charge is -2.41. The molecule has 0 unspecified atom stereocenters. The van der Waals surface area contributed by atoms with Crippen LogP contribution in [-0.4, -0.2) is 88.9 Å². The van der Waals surface area contributed by atoms with Gasteiger partial charge in [-0.15, -0.1) is 0 Å². The van der Waals surface area contributed by atoms with Crippen molar-refractivity contribution in [3.8, 4) is 5.75 Å². The number of amides is 3. The van der Waals surface area contributed by atoms with Gasteiger partial charge in [0.05, 0.1) is 16.6 Å². The summed E-state index contributed by atoms with van der Waals surface area (Å²) in [6, 6.07) is 5.11. The summed E-state index contributed by atoms with van der Waals surface area (Å²) < 4.78 is 18.9. The predicted octanol–water partition coefficient (Wildman–Crippen LogP) is 6.26. The number of carbonyl (C=O) groups is 3. The average molecular weight is 635 g/mol. The maximum atomic E-state index is 14.6. The van der Waals surface area contributed by atoms with Crippen LogP contribution in [0.5, 0.6) is 5.75 Å². The van der Waals surface area contributed by atoms with Gasteiger partial charge in [0.25, 0.3) is 11.8 Å². The smallest absolute Gasteiger partial charge is 0.410 e. The minimum atomic E-state index is -0.609. The molecule has 1 aromatic carbocycles. The van der Waals surface area contributed by atoms with Crippen LogP contribution in [0, 0.1) is 0 Å². The van der Waals surface area contributed by atoms with Gasteiger partial charge in [0.1, 0.15) is 17.0 Å². The molecule has 2 heterocycles. The number of ether oxygens (including phenoxy) is 3. The van der Waals surface area contributed by atoms with E-state index in [-0.39, 0.29) is 36.6 Å². The Morgan fingerprint density at radius 2 is 1.82 bits per heavy atom. The number of para-hydroxylation sites is 1. The molecular weight excluding hydrogens is 584 g/mol. The van der Waals surface area contributed by atoms with E-state index in [2.05, 4.69) is 5.32 Å². The number of fused-ring (bicyclic) bond motifs is 1. The van der Waals surface area contributed by atoms with Crippen molar-refractivity contribution in [2.75, 3.05) is 33.4 Å². The van der Waals surface area contributed by atoms with Crippen LogP contribution >= 0.6 is 11.6 Å². The van der Waals surface area contributed by atoms with Gasteiger partial charge in [-0.2, -0.15) is 0 Å². The van der Waals surface area contributed by atoms with E-state index >= 15 is 0 Å². The van der Waals surface area contributed by atoms with Gasteiger partial charge in [0.15, 0.2) is 6.61 Å². The molecule has 10 nitrogen and oxygen atoms in total. The Hall–Kier alpha value is -2.98. The topological polar surface area (TPSA) is 102 Å². The molecule has 0 aliphatic carbocycles. The molecule has 0 radical (unpaired) electrons. The van der Waals surface area contributed by atoms with Gasteiger partial charge in [-0.25, -0.2) is 4.79 Å². The van der Waals surface area contributed by atoms with Gasteiger partial charge in [-0.3, -0.25) is 9.59 Å². The lowest BCUT2D eigenvalue weighted by molar-refractivity contribution is -0.124. The van der Waals surface area contributed by atoms with Gasteiger partial charge in [0, 0.05) is 50.3 Å². The number of piperidine rings is 1. The molecule has 3 amide bonds. The molecule has 1 fully saturated rings. The fraction of sp³-hybridized carbons (Fsp3) is 0.667. The number of nitrogens with one attached hydrogen (secondary N) is 1. The van der Waals surface area contributed by atoms with E-state index in [4.69, 9.17) is 25.8 Å². The Labute approximate surface area is 267 Å². The molecular formula is C33H51ClN4O6. The zero-order valence-electron chi connectivity index (χ0n) is 27.9. The standard InChI is InChI=1S/C33H51ClN4O6/c1-22(2)38(23-14-13-17-36(20-23)31(41)44-33(6,7)8)30(40)29-27(34)24-15-12-16-25(43-21-26(39)35-32(3,4)5)28(24)37(29)18-10-11-19-42-9/h12,15-16,22-23H,10-11,13-14,17-21H2,1-9H3,(H,35,39)/t23-/m1/s1. The van der Waals surface area contributed by atoms with Crippen LogP contribution in [0.1, 0.15) is 91.6 Å². The molecule has 11 heteroatoms. The first-order valence-corrected chi connectivity index (χ1v) is 16.0. The van der Waals surface area contributed by atoms with Gasteiger partial charge < -0.3 is 33.9 Å². The second-order valence-corrected chi connectivity index (χ2v) is 14.2. The fourth-order valence-electron chi connectivity index (χ4n) is 5.62. The Bertz CT molecular complexity index is 1310. The number of hydrogen-bond donors (Lipinski definition) is 1. The second kappa shape index (κ2) is 14.9. The van der Waals surface area contributed by atoms with Crippen LogP contribution in [0.2, 0.25) is 5.02 Å². The number of carbonyl (C=O) groups excluding carboxylic acids is 3. The molecule has 1 N–H and O–H groups in total. The third-order valence-electron chi connectivity index (χ3n) is 7.27. The van der Waals surface area contributed by atoms with E-state index in [9.17, 15) is 14.4 Å². The van der Waals surface area contributed by atoms with Gasteiger partial charge >= 0.3 is 6.09 Å². The van der Waals surface area contributed by atoms with Gasteiger partial charge in [-0.05, 0) is 87.1 Å². The second-order valence-electron chi connectivity index (χ2n) is 13.8. The summed E-state index contributed by atoms with van der Waals surface area (Å²) in [7, 11) is 1.66. The normalized spacial score (nSPS) is 15.9. The highest BCUT2D eigenvalue weighted by atomic mass is 35.5. The molecule has 0 spiro atoms. The molecule has 246 valence electrons. The lowest BCUT2D eigenvalue weighted by Crippen LogP contribution is -2.54. The molecule has 1 saturated heterocycles. The van der Waals surface area contributed by atoms with Gasteiger partial charge in [0.2, 0.25) is 0 Å². The summed E-state index contributed by atoms with van der Waals surface area (Å²) in [5.74, 6) is 0.0254. The summed E-state index contributed by atoms with van der Waals surface area (Å²) in [6.45, 7) is 17.1. The van der Waals surface area contributed by atoms with Crippen LogP contribution in [0.3, 0.4) is 0 Å². The van der Waals surface area contributed by atoms with Crippen molar-refractivity contribution in [2.24, 2.45) is 0 Å². The number of benzene rings is 1. The minimum absolute atomic E-state index is 0.154. The van der Waals surface area contributed by atoms with E-state index in [1.807, 2.05) is 77.0 Å². The third kappa shape index (κ3) is 9.27. The number of rotatable bonds is 11. The van der Waals surface area contributed by atoms with Crippen molar-refractivity contribution in [1.82, 2.24) is 19.7 Å². The number of halogens is 1. The molecule has 1 aliphatic rings. The van der Waals surface area contributed by atoms with Crippen LogP contribution in [0.25, 0.3) is 10.9 Å². The van der Waals surface area contributed by atoms with Crippen LogP contribution in [0.4, 0.5) is 4.79 Å². The molecule has 1 atom stereocenters. The zero-order valence-corrected chi connectivity index (χ0v) is 28.7. The van der Waals surface area contributed by atoms with E-state index in [0.717, 1.165) is 25.7 Å². The van der Waals surface area contributed by atoms with Crippen molar-refractivity contribution in [1.29, 1.82) is 0 Å². The monoisotopic (exact) mass is 634 g/mol. The molecule has 1 aliphatic heterocycles. The van der Waals surface area contributed by atoms with Crippen molar-refractivity contribution in [3.05, 3.63) is 28.9 Å². The Kier molecular flexibility index (Phi) is 12.0. The Balaban J connectivity index is 2.02. The number of methoxy groups -OCH3 is 1.